The largest absolute Gasteiger partial charge is 0.289 e. The molecular weight excluding hydrogens is 358 g/mol. The second-order valence-electron chi connectivity index (χ2n) is 4.79. The highest BCUT2D eigenvalue weighted by molar-refractivity contribution is 7.93. The van der Waals surface area contributed by atoms with Gasteiger partial charge < -0.3 is 0 Å². The number of benzene rings is 2. The van der Waals surface area contributed by atoms with Crippen LogP contribution >= 0.6 is 0 Å². The zero-order valence-corrected chi connectivity index (χ0v) is 14.0. The van der Waals surface area contributed by atoms with Crippen LogP contribution in [0.1, 0.15) is 0 Å². The molecule has 0 unspecified atom stereocenters. The Morgan fingerprint density at radius 3 is 2.08 bits per heavy atom. The molecule has 0 spiro atoms. The molecule has 0 aliphatic carbocycles. The number of para-hydroxylation sites is 1. The van der Waals surface area contributed by atoms with Crippen molar-refractivity contribution >= 4 is 37.1 Å². The van der Waals surface area contributed by atoms with Gasteiger partial charge in [0.1, 0.15) is 0 Å². The minimum atomic E-state index is -4.22. The van der Waals surface area contributed by atoms with Crippen molar-refractivity contribution < 1.29 is 21.8 Å². The highest BCUT2D eigenvalue weighted by atomic mass is 32.2. The maximum Gasteiger partial charge on any atom is 0.289 e. The van der Waals surface area contributed by atoms with E-state index in [1.165, 1.54) is 36.4 Å². The first-order chi connectivity index (χ1) is 11.1. The Labute approximate surface area is 138 Å². The lowest BCUT2D eigenvalue weighted by Gasteiger charge is -2.10. The number of nitrogens with one attached hydrogen (secondary N) is 2. The van der Waals surface area contributed by atoms with Gasteiger partial charge in [-0.25, -0.2) is 16.8 Å². The first-order valence-corrected chi connectivity index (χ1v) is 9.80. The molecule has 0 aromatic heterocycles. The lowest BCUT2D eigenvalue weighted by molar-refractivity contribution is -0.387. The topological polar surface area (TPSA) is 135 Å². The van der Waals surface area contributed by atoms with E-state index in [1.807, 2.05) is 0 Å². The fraction of sp³-hybridized carbons (Fsp3) is 0.0769. The average molecular weight is 371 g/mol. The average Bonchev–Trinajstić information content (AvgIpc) is 2.45. The summed E-state index contributed by atoms with van der Waals surface area (Å²) in [6.45, 7) is 0. The zero-order chi connectivity index (χ0) is 18.0. The van der Waals surface area contributed by atoms with Gasteiger partial charge in [-0.05, 0) is 24.3 Å². The van der Waals surface area contributed by atoms with E-state index in [0.717, 1.165) is 18.4 Å². The third kappa shape index (κ3) is 4.43. The van der Waals surface area contributed by atoms with E-state index >= 15 is 0 Å². The molecule has 2 aromatic carbocycles. The summed E-state index contributed by atoms with van der Waals surface area (Å²) in [6, 6.07) is 10.4. The summed E-state index contributed by atoms with van der Waals surface area (Å²) >= 11 is 0. The van der Waals surface area contributed by atoms with Gasteiger partial charge in [-0.1, -0.05) is 18.2 Å². The van der Waals surface area contributed by atoms with Crippen molar-refractivity contribution in [3.63, 3.8) is 0 Å². The van der Waals surface area contributed by atoms with Gasteiger partial charge in [-0.3, -0.25) is 19.6 Å². The fourth-order valence-corrected chi connectivity index (χ4v) is 3.68. The Balaban J connectivity index is 2.37. The number of rotatable bonds is 6. The molecule has 24 heavy (non-hydrogen) atoms. The van der Waals surface area contributed by atoms with Crippen molar-refractivity contribution in [1.29, 1.82) is 0 Å². The maximum absolute atomic E-state index is 12.4. The number of sulfonamides is 2. The van der Waals surface area contributed by atoms with Gasteiger partial charge in [-0.15, -0.1) is 0 Å². The number of nitrogens with zero attached hydrogens (tertiary/aromatic N) is 1. The number of anilines is 2. The van der Waals surface area contributed by atoms with Crippen molar-refractivity contribution in [3.8, 4) is 0 Å². The van der Waals surface area contributed by atoms with E-state index in [-0.39, 0.29) is 11.4 Å². The van der Waals surface area contributed by atoms with Crippen LogP contribution in [0.5, 0.6) is 0 Å². The molecule has 2 rings (SSSR count). The van der Waals surface area contributed by atoms with Crippen molar-refractivity contribution in [2.45, 2.75) is 4.90 Å². The number of nitro groups is 1. The Kier molecular flexibility index (Phi) is 4.76. The molecule has 0 bridgehead atoms. The van der Waals surface area contributed by atoms with Gasteiger partial charge in [0.25, 0.3) is 15.7 Å². The third-order valence-corrected chi connectivity index (χ3v) is 4.80. The second kappa shape index (κ2) is 6.45. The molecule has 11 heteroatoms. The molecule has 0 aliphatic rings. The minimum absolute atomic E-state index is 0.0572. The van der Waals surface area contributed by atoms with Gasteiger partial charge >= 0.3 is 0 Å². The lowest BCUT2D eigenvalue weighted by atomic mass is 10.3. The van der Waals surface area contributed by atoms with E-state index in [4.69, 9.17) is 0 Å². The van der Waals surface area contributed by atoms with Gasteiger partial charge in [0.2, 0.25) is 10.0 Å². The van der Waals surface area contributed by atoms with Gasteiger partial charge in [0, 0.05) is 6.07 Å². The van der Waals surface area contributed by atoms with E-state index in [2.05, 4.69) is 9.44 Å². The summed E-state index contributed by atoms with van der Waals surface area (Å²) in [5.41, 5.74) is -0.350. The van der Waals surface area contributed by atoms with Crippen LogP contribution in [-0.4, -0.2) is 28.0 Å². The van der Waals surface area contributed by atoms with Crippen LogP contribution < -0.4 is 9.44 Å². The number of hydrogen-bond acceptors (Lipinski definition) is 6. The number of hydrogen-bond donors (Lipinski definition) is 2. The molecule has 128 valence electrons. The van der Waals surface area contributed by atoms with Crippen LogP contribution in [-0.2, 0) is 20.0 Å². The summed E-state index contributed by atoms with van der Waals surface area (Å²) < 4.78 is 51.6. The van der Waals surface area contributed by atoms with Gasteiger partial charge in [-0.2, -0.15) is 0 Å². The molecule has 0 radical (unpaired) electrons. The predicted molar refractivity (Wildman–Crippen MR) is 88.8 cm³/mol. The van der Waals surface area contributed by atoms with E-state index < -0.39 is 35.6 Å². The molecule has 0 saturated heterocycles. The molecule has 0 saturated carbocycles. The zero-order valence-electron chi connectivity index (χ0n) is 12.3. The molecule has 2 N–H and O–H groups in total. The molecule has 2 aromatic rings. The quantitative estimate of drug-likeness (QED) is 0.587. The second-order valence-corrected chi connectivity index (χ2v) is 8.18. The highest BCUT2D eigenvalue weighted by Gasteiger charge is 2.25. The van der Waals surface area contributed by atoms with Crippen LogP contribution in [0.15, 0.2) is 53.4 Å². The molecule has 0 atom stereocenters. The Hall–Kier alpha value is -2.66. The molecule has 0 amide bonds. The molecule has 0 heterocycles. The van der Waals surface area contributed by atoms with Crippen LogP contribution in [0.2, 0.25) is 0 Å². The van der Waals surface area contributed by atoms with E-state index in [9.17, 15) is 26.9 Å². The molecule has 9 nitrogen and oxygen atoms in total. The van der Waals surface area contributed by atoms with Gasteiger partial charge in [0.05, 0.1) is 22.6 Å². The van der Waals surface area contributed by atoms with Crippen molar-refractivity contribution in [3.05, 3.63) is 58.6 Å². The van der Waals surface area contributed by atoms with Crippen molar-refractivity contribution in [1.82, 2.24) is 0 Å². The molecular formula is C13H13N3O6S2. The first kappa shape index (κ1) is 17.7. The van der Waals surface area contributed by atoms with Crippen LogP contribution in [0.4, 0.5) is 17.1 Å². The van der Waals surface area contributed by atoms with E-state index in [1.54, 1.807) is 0 Å². The third-order valence-electron chi connectivity index (χ3n) is 2.77. The Morgan fingerprint density at radius 2 is 1.50 bits per heavy atom. The Morgan fingerprint density at radius 1 is 0.917 bits per heavy atom. The molecule has 0 aliphatic heterocycles. The molecule has 0 fully saturated rings. The summed E-state index contributed by atoms with van der Waals surface area (Å²) in [5.74, 6) is 0. The summed E-state index contributed by atoms with van der Waals surface area (Å²) in [7, 11) is -7.74. The monoisotopic (exact) mass is 371 g/mol. The maximum atomic E-state index is 12.4. The highest BCUT2D eigenvalue weighted by Crippen LogP contribution is 2.26. The first-order valence-electron chi connectivity index (χ1n) is 6.42. The van der Waals surface area contributed by atoms with Crippen LogP contribution in [0.25, 0.3) is 0 Å². The summed E-state index contributed by atoms with van der Waals surface area (Å²) in [5, 5.41) is 11.0. The normalized spacial score (nSPS) is 11.7. The van der Waals surface area contributed by atoms with Crippen LogP contribution in [0.3, 0.4) is 0 Å². The Bertz CT molecular complexity index is 986. The van der Waals surface area contributed by atoms with Crippen LogP contribution in [0, 0.1) is 10.1 Å². The number of nitro benzene ring substituents is 1. The SMILES string of the molecule is CS(=O)(=O)Nc1cccc(NS(=O)(=O)c2ccccc2[N+](=O)[O-])c1. The van der Waals surface area contributed by atoms with E-state index in [0.29, 0.717) is 0 Å². The lowest BCUT2D eigenvalue weighted by Crippen LogP contribution is -2.15. The van der Waals surface area contributed by atoms with Crippen molar-refractivity contribution in [2.24, 2.45) is 0 Å². The summed E-state index contributed by atoms with van der Waals surface area (Å²) in [6.07, 6.45) is 0.956. The van der Waals surface area contributed by atoms with Crippen molar-refractivity contribution in [2.75, 3.05) is 15.7 Å². The smallest absolute Gasteiger partial charge is 0.284 e. The fourth-order valence-electron chi connectivity index (χ4n) is 1.91. The minimum Gasteiger partial charge on any atom is -0.284 e. The van der Waals surface area contributed by atoms with Gasteiger partial charge in [0.15, 0.2) is 4.90 Å². The summed E-state index contributed by atoms with van der Waals surface area (Å²) in [4.78, 5) is 9.68. The standard InChI is InChI=1S/C13H13N3O6S2/c1-23(19,20)14-10-5-4-6-11(9-10)15-24(21,22)13-8-3-2-7-12(13)16(17)18/h2-9,14-15H,1H3. The predicted octanol–water partition coefficient (Wildman–Crippen LogP) is 1.77.